The highest BCUT2D eigenvalue weighted by molar-refractivity contribution is 5.81. The second kappa shape index (κ2) is 16.5. The van der Waals surface area contributed by atoms with Crippen molar-refractivity contribution in [1.82, 2.24) is 20.1 Å². The average molecular weight is 694 g/mol. The molecule has 0 bridgehead atoms. The zero-order chi connectivity index (χ0) is 36.7. The first-order chi connectivity index (χ1) is 23.6. The van der Waals surface area contributed by atoms with E-state index in [-0.39, 0.29) is 28.9 Å². The molecule has 2 saturated heterocycles. The number of halogens is 4. The van der Waals surface area contributed by atoms with Crippen molar-refractivity contribution >= 4 is 17.2 Å². The molecule has 2 atom stereocenters. The maximum atomic E-state index is 16.1. The Bertz CT molecular complexity index is 1610. The number of hydrogen-bond acceptors (Lipinski definition) is 7. The van der Waals surface area contributed by atoms with Crippen molar-refractivity contribution in [2.75, 3.05) is 68.5 Å². The number of piperazine rings is 2. The summed E-state index contributed by atoms with van der Waals surface area (Å²) in [6.45, 7) is 26.3. The Morgan fingerprint density at radius 1 is 1.00 bits per heavy atom. The Hall–Kier alpha value is -4.51. The SMILES string of the molecule is C=C/C=C(\C(=C/NC)C(=C)Nc1cc(-c2ccc(N3CCN(C(=C)CCC(=C)C)CC3)nc2)c(F)cc1N1CC(C)N(C)C(C)C1)C(F)(F)F. The number of rotatable bonds is 13. The average Bonchev–Trinajstić information content (AvgIpc) is 3.07. The number of pyridine rings is 1. The summed E-state index contributed by atoms with van der Waals surface area (Å²) < 4.78 is 58.6. The van der Waals surface area contributed by atoms with Crippen molar-refractivity contribution in [3.05, 3.63) is 109 Å². The lowest BCUT2D eigenvalue weighted by Gasteiger charge is -2.44. The van der Waals surface area contributed by atoms with Gasteiger partial charge in [-0.2, -0.15) is 13.2 Å². The zero-order valence-electron chi connectivity index (χ0n) is 30.0. The quantitative estimate of drug-likeness (QED) is 0.125. The maximum Gasteiger partial charge on any atom is 0.417 e. The van der Waals surface area contributed by atoms with Gasteiger partial charge in [-0.1, -0.05) is 31.4 Å². The van der Waals surface area contributed by atoms with Gasteiger partial charge in [-0.05, 0) is 71.0 Å². The van der Waals surface area contributed by atoms with Gasteiger partial charge in [0.15, 0.2) is 0 Å². The van der Waals surface area contributed by atoms with Crippen molar-refractivity contribution in [1.29, 1.82) is 0 Å². The second-order valence-electron chi connectivity index (χ2n) is 13.3. The lowest BCUT2D eigenvalue weighted by molar-refractivity contribution is -0.0891. The van der Waals surface area contributed by atoms with Crippen LogP contribution in [0.2, 0.25) is 0 Å². The number of hydrogen-bond donors (Lipinski definition) is 2. The van der Waals surface area contributed by atoms with Crippen molar-refractivity contribution in [3.63, 3.8) is 0 Å². The number of likely N-dealkylation sites (N-methyl/N-ethyl adjacent to an activating group) is 1. The van der Waals surface area contributed by atoms with E-state index >= 15 is 4.39 Å². The smallest absolute Gasteiger partial charge is 0.393 e. The number of anilines is 3. The summed E-state index contributed by atoms with van der Waals surface area (Å²) in [6, 6.07) is 7.13. The van der Waals surface area contributed by atoms with Gasteiger partial charge in [0.25, 0.3) is 0 Å². The van der Waals surface area contributed by atoms with E-state index in [1.807, 2.05) is 19.1 Å². The summed E-state index contributed by atoms with van der Waals surface area (Å²) in [4.78, 5) is 13.5. The summed E-state index contributed by atoms with van der Waals surface area (Å²) in [6.07, 6.45) is 2.03. The van der Waals surface area contributed by atoms with Crippen LogP contribution in [0.1, 0.15) is 33.6 Å². The Morgan fingerprint density at radius 3 is 2.20 bits per heavy atom. The third-order valence-corrected chi connectivity index (χ3v) is 9.52. The summed E-state index contributed by atoms with van der Waals surface area (Å²) in [5, 5.41) is 5.83. The molecule has 4 rings (SSSR count). The molecule has 11 heteroatoms. The Kier molecular flexibility index (Phi) is 12.6. The molecule has 50 heavy (non-hydrogen) atoms. The summed E-state index contributed by atoms with van der Waals surface area (Å²) in [7, 11) is 3.57. The fourth-order valence-corrected chi connectivity index (χ4v) is 6.40. The molecule has 0 amide bonds. The molecular weight excluding hydrogens is 642 g/mol. The van der Waals surface area contributed by atoms with Crippen molar-refractivity contribution in [2.24, 2.45) is 0 Å². The number of nitrogens with zero attached hydrogens (tertiary/aromatic N) is 5. The molecule has 3 heterocycles. The molecule has 0 spiro atoms. The number of alkyl halides is 3. The van der Waals surface area contributed by atoms with E-state index in [1.54, 1.807) is 12.3 Å². The van der Waals surface area contributed by atoms with Gasteiger partial charge in [0, 0.05) is 98.9 Å². The van der Waals surface area contributed by atoms with Crippen molar-refractivity contribution in [3.8, 4) is 11.1 Å². The molecule has 0 radical (unpaired) electrons. The molecule has 2 N–H and O–H groups in total. The monoisotopic (exact) mass is 693 g/mol. The molecular formula is C39H51F4N7. The minimum absolute atomic E-state index is 0.00580. The highest BCUT2D eigenvalue weighted by Gasteiger charge is 2.37. The van der Waals surface area contributed by atoms with Crippen molar-refractivity contribution in [2.45, 2.75) is 51.9 Å². The van der Waals surface area contributed by atoms with Crippen LogP contribution in [0.15, 0.2) is 103 Å². The fraction of sp³-hybridized carbons (Fsp3) is 0.410. The van der Waals surface area contributed by atoms with Crippen LogP contribution in [0.5, 0.6) is 0 Å². The highest BCUT2D eigenvalue weighted by atomic mass is 19.4. The summed E-state index contributed by atoms with van der Waals surface area (Å²) in [5.74, 6) is 0.334. The van der Waals surface area contributed by atoms with E-state index in [0.29, 0.717) is 30.0 Å². The number of nitrogens with one attached hydrogen (secondary N) is 2. The Balaban J connectivity index is 1.65. The topological polar surface area (TPSA) is 49.9 Å². The zero-order valence-corrected chi connectivity index (χ0v) is 30.0. The van der Waals surface area contributed by atoms with Gasteiger partial charge in [0.2, 0.25) is 0 Å². The first-order valence-electron chi connectivity index (χ1n) is 17.0. The van der Waals surface area contributed by atoms with Gasteiger partial charge in [-0.3, -0.25) is 4.90 Å². The first-order valence-corrected chi connectivity index (χ1v) is 17.0. The number of aromatic nitrogens is 1. The Labute approximate surface area is 295 Å². The van der Waals surface area contributed by atoms with Crippen LogP contribution in [-0.2, 0) is 0 Å². The molecule has 2 fully saturated rings. The Morgan fingerprint density at radius 2 is 1.66 bits per heavy atom. The molecule has 7 nitrogen and oxygen atoms in total. The predicted molar refractivity (Wildman–Crippen MR) is 200 cm³/mol. The second-order valence-corrected chi connectivity index (χ2v) is 13.3. The lowest BCUT2D eigenvalue weighted by Crippen LogP contribution is -2.55. The van der Waals surface area contributed by atoms with E-state index in [1.165, 1.54) is 19.3 Å². The van der Waals surface area contributed by atoms with Crippen LogP contribution >= 0.6 is 0 Å². The van der Waals surface area contributed by atoms with E-state index < -0.39 is 17.6 Å². The van der Waals surface area contributed by atoms with E-state index in [4.69, 9.17) is 4.98 Å². The molecule has 2 aliphatic heterocycles. The van der Waals surface area contributed by atoms with Gasteiger partial charge in [-0.25, -0.2) is 9.37 Å². The maximum absolute atomic E-state index is 16.1. The van der Waals surface area contributed by atoms with Gasteiger partial charge in [0.1, 0.15) is 11.6 Å². The lowest BCUT2D eigenvalue weighted by atomic mass is 10.0. The molecule has 2 unspecified atom stereocenters. The van der Waals surface area contributed by atoms with Crippen LogP contribution < -0.4 is 20.4 Å². The standard InChI is InChI=1S/C39H51F4N7/c1-10-11-34(39(41,42)43)33(23-44-8)30(7)46-36-20-32(35(40)21-37(36)50-24-28(5)47(9)29(6)25-50)31-14-15-38(45-22-31)49-18-16-48(17-19-49)27(4)13-12-26(2)3/h10-11,14-15,20-23,28-29,44,46H,1-2,4,7,12-13,16-19,24-25H2,3,5-6,8-9H3/b33-23-,34-11+. The minimum Gasteiger partial charge on any atom is -0.393 e. The summed E-state index contributed by atoms with van der Waals surface area (Å²) in [5.41, 5.74) is 2.94. The largest absolute Gasteiger partial charge is 0.417 e. The summed E-state index contributed by atoms with van der Waals surface area (Å²) >= 11 is 0. The van der Waals surface area contributed by atoms with Crippen LogP contribution in [0.25, 0.3) is 11.1 Å². The van der Waals surface area contributed by atoms with E-state index in [0.717, 1.165) is 68.3 Å². The number of benzene rings is 1. The highest BCUT2D eigenvalue weighted by Crippen LogP contribution is 2.39. The molecule has 1 aromatic carbocycles. The normalized spacial score (nSPS) is 19.3. The molecule has 1 aromatic heterocycles. The van der Waals surface area contributed by atoms with Crippen LogP contribution in [0, 0.1) is 5.82 Å². The van der Waals surface area contributed by atoms with E-state index in [9.17, 15) is 13.2 Å². The van der Waals surface area contributed by atoms with Gasteiger partial charge in [-0.15, -0.1) is 6.58 Å². The predicted octanol–water partition coefficient (Wildman–Crippen LogP) is 8.11. The molecule has 2 aromatic rings. The minimum atomic E-state index is -4.67. The third-order valence-electron chi connectivity index (χ3n) is 9.52. The van der Waals surface area contributed by atoms with Crippen molar-refractivity contribution < 1.29 is 17.6 Å². The number of allylic oxidation sites excluding steroid dienone is 5. The fourth-order valence-electron chi connectivity index (χ4n) is 6.40. The molecule has 270 valence electrons. The van der Waals surface area contributed by atoms with Crippen LogP contribution in [0.3, 0.4) is 0 Å². The molecule has 0 aliphatic carbocycles. The molecule has 2 aliphatic rings. The molecule has 0 saturated carbocycles. The van der Waals surface area contributed by atoms with Gasteiger partial charge in [0.05, 0.1) is 16.9 Å². The van der Waals surface area contributed by atoms with Gasteiger partial charge < -0.3 is 25.3 Å². The van der Waals surface area contributed by atoms with Crippen LogP contribution in [-0.4, -0.2) is 86.4 Å². The first kappa shape index (κ1) is 38.3. The van der Waals surface area contributed by atoms with E-state index in [2.05, 4.69) is 77.4 Å². The third kappa shape index (κ3) is 9.18. The van der Waals surface area contributed by atoms with Crippen LogP contribution in [0.4, 0.5) is 34.8 Å². The van der Waals surface area contributed by atoms with Gasteiger partial charge >= 0.3 is 6.18 Å².